The summed E-state index contributed by atoms with van der Waals surface area (Å²) in [5.74, 6) is -1.20. The summed E-state index contributed by atoms with van der Waals surface area (Å²) in [7, 11) is 0. The molecular formula is C18H21N3O4S2. The van der Waals surface area contributed by atoms with Crippen molar-refractivity contribution in [3.8, 4) is 9.88 Å². The number of carbonyl (C=O) groups excluding carboxylic acids is 3. The fourth-order valence-corrected chi connectivity index (χ4v) is 4.48. The van der Waals surface area contributed by atoms with Gasteiger partial charge in [0.05, 0.1) is 17.0 Å². The Bertz CT molecular complexity index is 797. The van der Waals surface area contributed by atoms with Gasteiger partial charge in [-0.15, -0.1) is 22.7 Å². The van der Waals surface area contributed by atoms with E-state index < -0.39 is 24.0 Å². The number of thiophene rings is 1. The molecule has 0 spiro atoms. The van der Waals surface area contributed by atoms with Gasteiger partial charge >= 0.3 is 12.0 Å². The lowest BCUT2D eigenvalue weighted by atomic mass is 10.2. The molecule has 0 aromatic carbocycles. The number of amides is 3. The summed E-state index contributed by atoms with van der Waals surface area (Å²) < 4.78 is 5.12. The third-order valence-corrected chi connectivity index (χ3v) is 6.14. The Morgan fingerprint density at radius 1 is 1.30 bits per heavy atom. The molecule has 27 heavy (non-hydrogen) atoms. The Labute approximate surface area is 165 Å². The van der Waals surface area contributed by atoms with Crippen molar-refractivity contribution in [3.63, 3.8) is 0 Å². The molecular weight excluding hydrogens is 386 g/mol. The maximum Gasteiger partial charge on any atom is 0.321 e. The molecule has 0 unspecified atom stereocenters. The Morgan fingerprint density at radius 3 is 2.78 bits per heavy atom. The first-order chi connectivity index (χ1) is 13.0. The highest BCUT2D eigenvalue weighted by molar-refractivity contribution is 7.20. The van der Waals surface area contributed by atoms with Gasteiger partial charge < -0.3 is 10.1 Å². The molecule has 2 aromatic rings. The highest BCUT2D eigenvalue weighted by Gasteiger charge is 2.23. The van der Waals surface area contributed by atoms with Crippen molar-refractivity contribution in [3.05, 3.63) is 28.6 Å². The highest BCUT2D eigenvalue weighted by atomic mass is 32.1. The molecule has 0 saturated heterocycles. The Morgan fingerprint density at radius 2 is 2.07 bits per heavy atom. The molecule has 2 heterocycles. The van der Waals surface area contributed by atoms with E-state index >= 15 is 0 Å². The molecule has 3 amide bonds. The zero-order valence-electron chi connectivity index (χ0n) is 14.9. The van der Waals surface area contributed by atoms with Crippen LogP contribution in [-0.2, 0) is 20.7 Å². The maximum atomic E-state index is 12.1. The standard InChI is InChI=1S/C18H21N3O4S2/c1-11(16(23)21-18(24)20-12-5-2-3-6-12)25-15(22)9-13-10-27-17(19-13)14-7-4-8-26-14/h4,7-8,10-12H,2-3,5-6,9H2,1H3,(H2,20,21,23,24)/t11-/m1/s1. The summed E-state index contributed by atoms with van der Waals surface area (Å²) in [6.07, 6.45) is 2.94. The Balaban J connectivity index is 1.44. The number of urea groups is 1. The molecule has 1 saturated carbocycles. The first-order valence-electron chi connectivity index (χ1n) is 8.80. The average Bonchev–Trinajstić information content (AvgIpc) is 3.36. The summed E-state index contributed by atoms with van der Waals surface area (Å²) in [6, 6.07) is 3.47. The van der Waals surface area contributed by atoms with E-state index in [9.17, 15) is 14.4 Å². The van der Waals surface area contributed by atoms with Gasteiger partial charge in [-0.25, -0.2) is 9.78 Å². The molecule has 3 rings (SSSR count). The summed E-state index contributed by atoms with van der Waals surface area (Å²) in [5, 5.41) is 9.59. The van der Waals surface area contributed by atoms with E-state index in [2.05, 4.69) is 15.6 Å². The van der Waals surface area contributed by atoms with Crippen LogP contribution < -0.4 is 10.6 Å². The van der Waals surface area contributed by atoms with Crippen molar-refractivity contribution in [1.29, 1.82) is 0 Å². The van der Waals surface area contributed by atoms with Crippen LogP contribution in [0.2, 0.25) is 0 Å². The van der Waals surface area contributed by atoms with E-state index in [-0.39, 0.29) is 12.5 Å². The van der Waals surface area contributed by atoms with Crippen LogP contribution in [0.5, 0.6) is 0 Å². The molecule has 2 aromatic heterocycles. The van der Waals surface area contributed by atoms with Gasteiger partial charge in [0.15, 0.2) is 6.10 Å². The molecule has 1 atom stereocenters. The van der Waals surface area contributed by atoms with Crippen molar-refractivity contribution in [2.45, 2.75) is 51.2 Å². The van der Waals surface area contributed by atoms with E-state index in [4.69, 9.17) is 4.74 Å². The van der Waals surface area contributed by atoms with Gasteiger partial charge in [0, 0.05) is 11.4 Å². The molecule has 9 heteroatoms. The summed E-state index contributed by atoms with van der Waals surface area (Å²) >= 11 is 3.04. The molecule has 7 nitrogen and oxygen atoms in total. The predicted octanol–water partition coefficient (Wildman–Crippen LogP) is 3.11. The minimum absolute atomic E-state index is 0.0201. The molecule has 1 aliphatic rings. The molecule has 0 aliphatic heterocycles. The highest BCUT2D eigenvalue weighted by Crippen LogP contribution is 2.28. The van der Waals surface area contributed by atoms with Crippen molar-refractivity contribution in [2.24, 2.45) is 0 Å². The van der Waals surface area contributed by atoms with Crippen LogP contribution in [-0.4, -0.2) is 35.0 Å². The second-order valence-electron chi connectivity index (χ2n) is 6.37. The maximum absolute atomic E-state index is 12.1. The van der Waals surface area contributed by atoms with Gasteiger partial charge in [-0.3, -0.25) is 14.9 Å². The molecule has 0 bridgehead atoms. The lowest BCUT2D eigenvalue weighted by Crippen LogP contribution is -2.47. The molecule has 144 valence electrons. The van der Waals surface area contributed by atoms with Crippen LogP contribution >= 0.6 is 22.7 Å². The van der Waals surface area contributed by atoms with Crippen molar-refractivity contribution in [2.75, 3.05) is 0 Å². The number of nitrogens with zero attached hydrogens (tertiary/aromatic N) is 1. The summed E-state index contributed by atoms with van der Waals surface area (Å²) in [6.45, 7) is 1.44. The molecule has 1 aliphatic carbocycles. The topological polar surface area (TPSA) is 97.4 Å². The van der Waals surface area contributed by atoms with Gasteiger partial charge in [-0.05, 0) is 31.2 Å². The molecule has 2 N–H and O–H groups in total. The van der Waals surface area contributed by atoms with E-state index in [1.165, 1.54) is 18.3 Å². The second-order valence-corrected chi connectivity index (χ2v) is 8.18. The van der Waals surface area contributed by atoms with Gasteiger partial charge in [0.2, 0.25) is 0 Å². The normalized spacial score (nSPS) is 15.3. The monoisotopic (exact) mass is 407 g/mol. The number of rotatable bonds is 6. The first-order valence-corrected chi connectivity index (χ1v) is 10.6. The van der Waals surface area contributed by atoms with Crippen molar-refractivity contribution < 1.29 is 19.1 Å². The zero-order chi connectivity index (χ0) is 19.2. The fraction of sp³-hybridized carbons (Fsp3) is 0.444. The zero-order valence-corrected chi connectivity index (χ0v) is 16.5. The lowest BCUT2D eigenvalue weighted by Gasteiger charge is -2.15. The fourth-order valence-electron chi connectivity index (χ4n) is 2.85. The number of imide groups is 1. The lowest BCUT2D eigenvalue weighted by molar-refractivity contribution is -0.153. The van der Waals surface area contributed by atoms with E-state index in [1.807, 2.05) is 17.5 Å². The third-order valence-electron chi connectivity index (χ3n) is 4.21. The predicted molar refractivity (Wildman–Crippen MR) is 104 cm³/mol. The number of aromatic nitrogens is 1. The van der Waals surface area contributed by atoms with E-state index in [1.54, 1.807) is 16.7 Å². The first kappa shape index (κ1) is 19.5. The number of thiazole rings is 1. The minimum Gasteiger partial charge on any atom is -0.452 e. The number of esters is 1. The number of nitrogens with one attached hydrogen (secondary N) is 2. The van der Waals surface area contributed by atoms with Crippen LogP contribution in [0.25, 0.3) is 9.88 Å². The number of hydrogen-bond donors (Lipinski definition) is 2. The SMILES string of the molecule is C[C@@H](OC(=O)Cc1csc(-c2cccs2)n1)C(=O)NC(=O)NC1CCCC1. The van der Waals surface area contributed by atoms with Crippen LogP contribution in [0.3, 0.4) is 0 Å². The minimum atomic E-state index is -1.05. The Kier molecular flexibility index (Phi) is 6.57. The summed E-state index contributed by atoms with van der Waals surface area (Å²) in [4.78, 5) is 41.3. The van der Waals surface area contributed by atoms with Crippen LogP contribution in [0.15, 0.2) is 22.9 Å². The van der Waals surface area contributed by atoms with Gasteiger partial charge in [-0.1, -0.05) is 18.9 Å². The molecule has 0 radical (unpaired) electrons. The average molecular weight is 408 g/mol. The van der Waals surface area contributed by atoms with Gasteiger partial charge in [-0.2, -0.15) is 0 Å². The van der Waals surface area contributed by atoms with Gasteiger partial charge in [0.25, 0.3) is 5.91 Å². The smallest absolute Gasteiger partial charge is 0.321 e. The Hall–Kier alpha value is -2.26. The van der Waals surface area contributed by atoms with Crippen molar-refractivity contribution >= 4 is 40.6 Å². The van der Waals surface area contributed by atoms with Gasteiger partial charge in [0.1, 0.15) is 5.01 Å². The third kappa shape index (κ3) is 5.61. The molecule has 1 fully saturated rings. The van der Waals surface area contributed by atoms with E-state index in [0.717, 1.165) is 35.6 Å². The van der Waals surface area contributed by atoms with Crippen molar-refractivity contribution in [1.82, 2.24) is 15.6 Å². The second kappa shape index (κ2) is 9.09. The largest absolute Gasteiger partial charge is 0.452 e. The van der Waals surface area contributed by atoms with Crippen LogP contribution in [0, 0.1) is 0 Å². The van der Waals surface area contributed by atoms with E-state index in [0.29, 0.717) is 5.69 Å². The van der Waals surface area contributed by atoms with Crippen LogP contribution in [0.1, 0.15) is 38.3 Å². The van der Waals surface area contributed by atoms with Crippen LogP contribution in [0.4, 0.5) is 4.79 Å². The summed E-state index contributed by atoms with van der Waals surface area (Å²) in [5.41, 5.74) is 0.597. The number of carbonyl (C=O) groups is 3. The number of hydrogen-bond acceptors (Lipinski definition) is 7. The quantitative estimate of drug-likeness (QED) is 0.717. The number of ether oxygens (including phenoxy) is 1.